The number of aliphatic hydroxyl groups excluding tert-OH is 1. The molecule has 1 fully saturated rings. The number of nitrogens with zero attached hydrogens (tertiary/aromatic N) is 1. The van der Waals surface area contributed by atoms with Gasteiger partial charge in [-0.05, 0) is 12.8 Å². The van der Waals surface area contributed by atoms with Gasteiger partial charge in [0.25, 0.3) is 0 Å². The molecule has 3 N–H and O–H groups in total. The van der Waals surface area contributed by atoms with Crippen molar-refractivity contribution in [2.45, 2.75) is 31.3 Å². The number of nitrogens with one attached hydrogen (secondary N) is 2. The van der Waals surface area contributed by atoms with Crippen LogP contribution < -0.4 is 10.6 Å². The molecule has 1 aliphatic carbocycles. The van der Waals surface area contributed by atoms with E-state index in [1.807, 2.05) is 0 Å². The molecule has 1 saturated carbocycles. The van der Waals surface area contributed by atoms with Crippen molar-refractivity contribution in [2.24, 2.45) is 0 Å². The van der Waals surface area contributed by atoms with Crippen molar-refractivity contribution < 1.29 is 24.0 Å². The van der Waals surface area contributed by atoms with Crippen molar-refractivity contribution in [3.8, 4) is 0 Å². The zero-order valence-electron chi connectivity index (χ0n) is 11.6. The van der Waals surface area contributed by atoms with Crippen LogP contribution >= 0.6 is 0 Å². The fraction of sp³-hybridized carbons (Fsp3) is 0.615. The number of ether oxygens (including phenoxy) is 1. The van der Waals surface area contributed by atoms with Gasteiger partial charge < -0.3 is 19.7 Å². The summed E-state index contributed by atoms with van der Waals surface area (Å²) in [7, 11) is 0. The number of hydrogen-bond donors (Lipinski definition) is 3. The number of rotatable bonds is 6. The van der Waals surface area contributed by atoms with Crippen LogP contribution in [0.2, 0.25) is 0 Å². The average molecular weight is 297 g/mol. The Kier molecular flexibility index (Phi) is 5.29. The molecule has 21 heavy (non-hydrogen) atoms. The van der Waals surface area contributed by atoms with Gasteiger partial charge in [-0.3, -0.25) is 14.9 Å². The Balaban J connectivity index is 1.82. The molecule has 2 amide bonds. The smallest absolute Gasteiger partial charge is 0.314 e. The highest BCUT2D eigenvalue weighted by Gasteiger charge is 2.35. The lowest BCUT2D eigenvalue weighted by molar-refractivity contribution is -0.137. The van der Waals surface area contributed by atoms with Crippen molar-refractivity contribution in [1.82, 2.24) is 10.5 Å². The third-order valence-corrected chi connectivity index (χ3v) is 3.47. The van der Waals surface area contributed by atoms with Crippen molar-refractivity contribution in [1.29, 1.82) is 0 Å². The average Bonchev–Trinajstić information content (AvgIpc) is 3.15. The molecule has 1 aromatic heterocycles. The lowest BCUT2D eigenvalue weighted by Gasteiger charge is -2.29. The maximum Gasteiger partial charge on any atom is 0.314 e. The van der Waals surface area contributed by atoms with Gasteiger partial charge in [-0.15, -0.1) is 0 Å². The number of aliphatic hydroxyl groups is 1. The molecule has 1 aromatic rings. The van der Waals surface area contributed by atoms with Gasteiger partial charge >= 0.3 is 11.8 Å². The Bertz CT molecular complexity index is 468. The van der Waals surface area contributed by atoms with Gasteiger partial charge in [-0.1, -0.05) is 18.0 Å². The molecule has 8 nitrogen and oxygen atoms in total. The summed E-state index contributed by atoms with van der Waals surface area (Å²) >= 11 is 0. The predicted octanol–water partition coefficient (Wildman–Crippen LogP) is 0.0510. The lowest BCUT2D eigenvalue weighted by Crippen LogP contribution is -2.46. The highest BCUT2D eigenvalue weighted by atomic mass is 16.5. The zero-order valence-corrected chi connectivity index (χ0v) is 11.6. The molecule has 0 radical (unpaired) electrons. The van der Waals surface area contributed by atoms with E-state index >= 15 is 0 Å². The van der Waals surface area contributed by atoms with Gasteiger partial charge in [0, 0.05) is 12.6 Å². The maximum atomic E-state index is 11.8. The van der Waals surface area contributed by atoms with Gasteiger partial charge in [-0.2, -0.15) is 0 Å². The predicted molar refractivity (Wildman–Crippen MR) is 72.4 cm³/mol. The molecule has 0 aromatic carbocycles. The fourth-order valence-electron chi connectivity index (χ4n) is 2.43. The third-order valence-electron chi connectivity index (χ3n) is 3.47. The van der Waals surface area contributed by atoms with Crippen LogP contribution in [0.25, 0.3) is 0 Å². The molecule has 0 atom stereocenters. The Morgan fingerprint density at radius 1 is 1.38 bits per heavy atom. The van der Waals surface area contributed by atoms with Crippen LogP contribution in [0.5, 0.6) is 0 Å². The van der Waals surface area contributed by atoms with Crippen LogP contribution in [0.1, 0.15) is 25.7 Å². The molecule has 1 aliphatic rings. The van der Waals surface area contributed by atoms with E-state index in [1.54, 1.807) is 0 Å². The first kappa shape index (κ1) is 15.5. The highest BCUT2D eigenvalue weighted by Crippen LogP contribution is 2.32. The number of anilines is 1. The summed E-state index contributed by atoms with van der Waals surface area (Å²) in [6, 6.07) is 1.44. The van der Waals surface area contributed by atoms with Crippen molar-refractivity contribution in [3.63, 3.8) is 0 Å². The number of amides is 2. The van der Waals surface area contributed by atoms with Crippen LogP contribution in [0.3, 0.4) is 0 Å². The summed E-state index contributed by atoms with van der Waals surface area (Å²) in [5, 5.41) is 17.2. The van der Waals surface area contributed by atoms with E-state index in [2.05, 4.69) is 20.3 Å². The Morgan fingerprint density at radius 3 is 2.76 bits per heavy atom. The summed E-state index contributed by atoms with van der Waals surface area (Å²) in [6.45, 7) is 0.404. The van der Waals surface area contributed by atoms with Crippen LogP contribution in [0.15, 0.2) is 16.9 Å². The Morgan fingerprint density at radius 2 is 2.14 bits per heavy atom. The fourth-order valence-corrected chi connectivity index (χ4v) is 2.43. The van der Waals surface area contributed by atoms with Crippen LogP contribution in [0.4, 0.5) is 5.82 Å². The van der Waals surface area contributed by atoms with Crippen LogP contribution in [0, 0.1) is 0 Å². The number of carbonyl (C=O) groups is 2. The third kappa shape index (κ3) is 4.27. The maximum absolute atomic E-state index is 11.8. The topological polar surface area (TPSA) is 114 Å². The molecule has 1 heterocycles. The molecule has 8 heteroatoms. The van der Waals surface area contributed by atoms with Crippen LogP contribution in [-0.2, 0) is 14.3 Å². The molecular weight excluding hydrogens is 278 g/mol. The summed E-state index contributed by atoms with van der Waals surface area (Å²) in [4.78, 5) is 23.4. The molecule has 0 bridgehead atoms. The van der Waals surface area contributed by atoms with E-state index in [9.17, 15) is 9.59 Å². The molecular formula is C13H19N3O5. The minimum atomic E-state index is -0.806. The highest BCUT2D eigenvalue weighted by molar-refractivity contribution is 6.39. The van der Waals surface area contributed by atoms with Gasteiger partial charge in [0.15, 0.2) is 5.82 Å². The quantitative estimate of drug-likeness (QED) is 0.639. The van der Waals surface area contributed by atoms with Gasteiger partial charge in [0.1, 0.15) is 6.26 Å². The molecule has 2 rings (SSSR count). The standard InChI is InChI=1S/C13H19N3O5/c17-6-8-20-13(4-1-2-5-13)9-14-11(18)12(19)15-10-3-7-21-16-10/h3,7,17H,1-2,4-6,8-9H2,(H,14,18)(H,15,16,19). The molecule has 0 aliphatic heterocycles. The van der Waals surface area contributed by atoms with Gasteiger partial charge in [-0.25, -0.2) is 0 Å². The monoisotopic (exact) mass is 297 g/mol. The second kappa shape index (κ2) is 7.19. The van der Waals surface area contributed by atoms with E-state index < -0.39 is 17.4 Å². The number of hydrogen-bond acceptors (Lipinski definition) is 6. The molecule has 116 valence electrons. The second-order valence-corrected chi connectivity index (χ2v) is 4.98. The van der Waals surface area contributed by atoms with E-state index in [1.165, 1.54) is 12.3 Å². The summed E-state index contributed by atoms with van der Waals surface area (Å²) < 4.78 is 10.2. The van der Waals surface area contributed by atoms with Crippen molar-refractivity contribution >= 4 is 17.6 Å². The Hall–Kier alpha value is -1.93. The lowest BCUT2D eigenvalue weighted by atomic mass is 10.0. The van der Waals surface area contributed by atoms with E-state index in [4.69, 9.17) is 9.84 Å². The Labute approximate surface area is 121 Å². The number of carbonyl (C=O) groups excluding carboxylic acids is 2. The first-order valence-corrected chi connectivity index (χ1v) is 6.90. The summed E-state index contributed by atoms with van der Waals surface area (Å²) in [5.74, 6) is -1.38. The van der Waals surface area contributed by atoms with E-state index in [0.717, 1.165) is 25.7 Å². The SMILES string of the molecule is O=C(NCC1(OCCO)CCCC1)C(=O)Nc1ccon1. The van der Waals surface area contributed by atoms with Crippen molar-refractivity contribution in [3.05, 3.63) is 12.3 Å². The first-order chi connectivity index (χ1) is 10.2. The van der Waals surface area contributed by atoms with Gasteiger partial charge in [0.2, 0.25) is 0 Å². The molecule has 0 spiro atoms. The summed E-state index contributed by atoms with van der Waals surface area (Å²) in [5.41, 5.74) is -0.480. The van der Waals surface area contributed by atoms with Gasteiger partial charge in [0.05, 0.1) is 18.8 Å². The van der Waals surface area contributed by atoms with E-state index in [0.29, 0.717) is 0 Å². The largest absolute Gasteiger partial charge is 0.394 e. The molecule has 0 unspecified atom stereocenters. The zero-order chi connectivity index (χ0) is 15.1. The first-order valence-electron chi connectivity index (χ1n) is 6.90. The summed E-state index contributed by atoms with van der Waals surface area (Å²) in [6.07, 6.45) is 4.92. The number of aromatic nitrogens is 1. The second-order valence-electron chi connectivity index (χ2n) is 4.98. The molecule has 0 saturated heterocycles. The van der Waals surface area contributed by atoms with Crippen LogP contribution in [-0.4, -0.2) is 47.4 Å². The van der Waals surface area contributed by atoms with E-state index in [-0.39, 0.29) is 25.6 Å². The van der Waals surface area contributed by atoms with Crippen molar-refractivity contribution in [2.75, 3.05) is 25.1 Å². The minimum absolute atomic E-state index is 0.0671. The normalized spacial score (nSPS) is 16.6. The minimum Gasteiger partial charge on any atom is -0.394 e.